The van der Waals surface area contributed by atoms with Crippen molar-refractivity contribution in [3.8, 4) is 0 Å². The van der Waals surface area contributed by atoms with Gasteiger partial charge in [-0.25, -0.2) is 4.39 Å². The third kappa shape index (κ3) is 3.87. The van der Waals surface area contributed by atoms with E-state index in [9.17, 15) is 9.18 Å². The summed E-state index contributed by atoms with van der Waals surface area (Å²) in [7, 11) is 0. The number of rotatable bonds is 3. The van der Waals surface area contributed by atoms with E-state index in [4.69, 9.17) is 28.3 Å². The van der Waals surface area contributed by atoms with Crippen molar-refractivity contribution in [2.45, 2.75) is 11.1 Å². The predicted molar refractivity (Wildman–Crippen MR) is 35.6 cm³/mol. The highest BCUT2D eigenvalue weighted by atomic mass is 35.5. The second-order valence-corrected chi connectivity index (χ2v) is 2.64. The number of nitrogens with one attached hydrogen (secondary N) is 1. The first kappa shape index (κ1) is 9.94. The zero-order chi connectivity index (χ0) is 8.15. The molecule has 0 saturated heterocycles. The van der Waals surface area contributed by atoms with Gasteiger partial charge in [-0.05, 0) is 0 Å². The number of hydrogen-bond donors (Lipinski definition) is 2. The van der Waals surface area contributed by atoms with Gasteiger partial charge in [0, 0.05) is 0 Å². The Bertz CT molecular complexity index is 122. The van der Waals surface area contributed by atoms with Gasteiger partial charge in [0.15, 0.2) is 17.7 Å². The third-order valence-corrected chi connectivity index (χ3v) is 1.15. The molecule has 0 aliphatic carbocycles. The minimum absolute atomic E-state index is 0.946. The Morgan fingerprint density at radius 3 is 2.50 bits per heavy atom. The van der Waals surface area contributed by atoms with E-state index in [1.165, 1.54) is 0 Å². The highest BCUT2D eigenvalue weighted by Crippen LogP contribution is 2.04. The van der Waals surface area contributed by atoms with Crippen molar-refractivity contribution in [2.75, 3.05) is 6.67 Å². The van der Waals surface area contributed by atoms with E-state index < -0.39 is 23.6 Å². The predicted octanol–water partition coefficient (Wildman–Crippen LogP) is 0.194. The van der Waals surface area contributed by atoms with Crippen molar-refractivity contribution in [1.82, 2.24) is 5.32 Å². The Labute approximate surface area is 67.1 Å². The standard InChI is InChI=1S/C4H6Cl2FNO2/c5-3(6)4(10)8-2(9)1-7/h3-4,10H,1H2,(H,8,9)/t4-/m0/s1. The van der Waals surface area contributed by atoms with Crippen molar-refractivity contribution in [3.63, 3.8) is 0 Å². The zero-order valence-electron chi connectivity index (χ0n) is 4.85. The first-order chi connectivity index (χ1) is 4.57. The molecule has 0 fully saturated rings. The first-order valence-electron chi connectivity index (χ1n) is 2.39. The lowest BCUT2D eigenvalue weighted by Crippen LogP contribution is -2.39. The van der Waals surface area contributed by atoms with Crippen LogP contribution in [-0.2, 0) is 4.79 Å². The minimum Gasteiger partial charge on any atom is -0.371 e. The van der Waals surface area contributed by atoms with Gasteiger partial charge in [-0.15, -0.1) is 23.2 Å². The monoisotopic (exact) mass is 189 g/mol. The van der Waals surface area contributed by atoms with Crippen LogP contribution in [0.2, 0.25) is 0 Å². The number of aliphatic hydroxyl groups excluding tert-OH is 1. The molecule has 0 aliphatic rings. The lowest BCUT2D eigenvalue weighted by atomic mass is 10.6. The summed E-state index contributed by atoms with van der Waals surface area (Å²) < 4.78 is 11.4. The van der Waals surface area contributed by atoms with Gasteiger partial charge >= 0.3 is 0 Å². The molecule has 0 spiro atoms. The van der Waals surface area contributed by atoms with Crippen LogP contribution in [0.4, 0.5) is 4.39 Å². The van der Waals surface area contributed by atoms with Crippen LogP contribution in [0.5, 0.6) is 0 Å². The molecule has 0 unspecified atom stereocenters. The number of alkyl halides is 3. The molecule has 2 N–H and O–H groups in total. The van der Waals surface area contributed by atoms with Crippen molar-refractivity contribution in [2.24, 2.45) is 0 Å². The minimum atomic E-state index is -1.41. The number of carbonyl (C=O) groups excluding carboxylic acids is 1. The molecule has 0 aliphatic heterocycles. The lowest BCUT2D eigenvalue weighted by molar-refractivity contribution is -0.124. The molecular weight excluding hydrogens is 184 g/mol. The summed E-state index contributed by atoms with van der Waals surface area (Å²) in [5, 5.41) is 10.5. The molecule has 0 aromatic carbocycles. The average Bonchev–Trinajstić information content (AvgIpc) is 1.87. The highest BCUT2D eigenvalue weighted by Gasteiger charge is 2.14. The second-order valence-electron chi connectivity index (χ2n) is 1.48. The van der Waals surface area contributed by atoms with Crippen molar-refractivity contribution in [3.05, 3.63) is 0 Å². The maximum atomic E-state index is 11.4. The maximum Gasteiger partial charge on any atom is 0.253 e. The summed E-state index contributed by atoms with van der Waals surface area (Å²) in [5.41, 5.74) is 0. The van der Waals surface area contributed by atoms with Gasteiger partial charge in [0.05, 0.1) is 0 Å². The Morgan fingerprint density at radius 2 is 2.20 bits per heavy atom. The number of carbonyl (C=O) groups is 1. The van der Waals surface area contributed by atoms with E-state index in [1.54, 1.807) is 5.32 Å². The number of hydrogen-bond acceptors (Lipinski definition) is 2. The first-order valence-corrected chi connectivity index (χ1v) is 3.26. The van der Waals surface area contributed by atoms with Gasteiger partial charge in [-0.1, -0.05) is 0 Å². The Morgan fingerprint density at radius 1 is 1.70 bits per heavy atom. The Hall–Kier alpha value is -0.0600. The van der Waals surface area contributed by atoms with Crippen LogP contribution >= 0.6 is 23.2 Å². The molecule has 0 bridgehead atoms. The summed E-state index contributed by atoms with van der Waals surface area (Å²) in [6, 6.07) is 0. The molecule has 60 valence electrons. The SMILES string of the molecule is O=C(CF)N[C@@H](O)C(Cl)Cl. The van der Waals surface area contributed by atoms with Gasteiger partial charge in [0.2, 0.25) is 0 Å². The quantitative estimate of drug-likeness (QED) is 0.493. The van der Waals surface area contributed by atoms with Crippen LogP contribution in [-0.4, -0.2) is 28.8 Å². The summed E-state index contributed by atoms with van der Waals surface area (Å²) in [4.78, 5) is 9.02. The molecule has 0 radical (unpaired) electrons. The zero-order valence-corrected chi connectivity index (χ0v) is 6.36. The van der Waals surface area contributed by atoms with Crippen LogP contribution in [0, 0.1) is 0 Å². The van der Waals surface area contributed by atoms with E-state index in [2.05, 4.69) is 0 Å². The molecule has 10 heavy (non-hydrogen) atoms. The summed E-state index contributed by atoms with van der Waals surface area (Å²) in [6.07, 6.45) is -1.41. The average molecular weight is 190 g/mol. The number of halogens is 3. The normalized spacial score (nSPS) is 13.3. The molecule has 0 aromatic rings. The number of aliphatic hydroxyl groups is 1. The summed E-state index contributed by atoms with van der Waals surface area (Å²) in [5.74, 6) is -0.946. The Balaban J connectivity index is 3.57. The van der Waals surface area contributed by atoms with Crippen LogP contribution in [0.15, 0.2) is 0 Å². The van der Waals surface area contributed by atoms with E-state index in [1.807, 2.05) is 0 Å². The lowest BCUT2D eigenvalue weighted by Gasteiger charge is -2.11. The van der Waals surface area contributed by atoms with Crippen molar-refractivity contribution in [1.29, 1.82) is 0 Å². The van der Waals surface area contributed by atoms with E-state index >= 15 is 0 Å². The van der Waals surface area contributed by atoms with Gasteiger partial charge in [-0.2, -0.15) is 0 Å². The fourth-order valence-corrected chi connectivity index (χ4v) is 0.393. The molecule has 1 amide bonds. The summed E-state index contributed by atoms with van der Waals surface area (Å²) in [6.45, 7) is -1.20. The van der Waals surface area contributed by atoms with Crippen molar-refractivity contribution >= 4 is 29.1 Å². The van der Waals surface area contributed by atoms with E-state index in [0.717, 1.165) is 0 Å². The van der Waals surface area contributed by atoms with Crippen molar-refractivity contribution < 1.29 is 14.3 Å². The Kier molecular flexibility index (Phi) is 4.68. The fraction of sp³-hybridized carbons (Fsp3) is 0.750. The van der Waals surface area contributed by atoms with Gasteiger partial charge in [-0.3, -0.25) is 4.79 Å². The van der Waals surface area contributed by atoms with Gasteiger partial charge < -0.3 is 10.4 Å². The van der Waals surface area contributed by atoms with Gasteiger partial charge in [0.25, 0.3) is 5.91 Å². The van der Waals surface area contributed by atoms with Crippen LogP contribution in [0.1, 0.15) is 0 Å². The molecule has 6 heteroatoms. The number of amides is 1. The van der Waals surface area contributed by atoms with E-state index in [-0.39, 0.29) is 0 Å². The van der Waals surface area contributed by atoms with Crippen LogP contribution < -0.4 is 5.32 Å². The molecule has 0 aromatic heterocycles. The molecule has 0 heterocycles. The second kappa shape index (κ2) is 4.71. The maximum absolute atomic E-state index is 11.4. The largest absolute Gasteiger partial charge is 0.371 e. The van der Waals surface area contributed by atoms with E-state index in [0.29, 0.717) is 0 Å². The molecular formula is C4H6Cl2FNO2. The molecule has 1 atom stereocenters. The molecule has 0 saturated carbocycles. The van der Waals surface area contributed by atoms with Crippen LogP contribution in [0.3, 0.4) is 0 Å². The van der Waals surface area contributed by atoms with Crippen LogP contribution in [0.25, 0.3) is 0 Å². The highest BCUT2D eigenvalue weighted by molar-refractivity contribution is 6.44. The van der Waals surface area contributed by atoms with Gasteiger partial charge in [0.1, 0.15) is 0 Å². The smallest absolute Gasteiger partial charge is 0.253 e. The fourth-order valence-electron chi connectivity index (χ4n) is 0.267. The molecule has 0 rings (SSSR count). The molecule has 3 nitrogen and oxygen atoms in total. The third-order valence-electron chi connectivity index (χ3n) is 0.669. The summed E-state index contributed by atoms with van der Waals surface area (Å²) >= 11 is 10.2. The topological polar surface area (TPSA) is 49.3 Å².